The molecule has 0 radical (unpaired) electrons. The molecule has 3 nitrogen and oxygen atoms in total. The van der Waals surface area contributed by atoms with Crippen molar-refractivity contribution in [2.24, 2.45) is 0 Å². The number of rotatable bonds is 4. The van der Waals surface area contributed by atoms with Gasteiger partial charge in [-0.15, -0.1) is 0 Å². The predicted octanol–water partition coefficient (Wildman–Crippen LogP) is 2.22. The van der Waals surface area contributed by atoms with Crippen molar-refractivity contribution in [3.05, 3.63) is 29.8 Å². The number of para-hydroxylation sites is 1. The first-order valence-corrected chi connectivity index (χ1v) is 5.43. The molecule has 2 N–H and O–H groups in total. The Labute approximate surface area is 103 Å². The van der Waals surface area contributed by atoms with Crippen LogP contribution < -0.4 is 5.73 Å². The SMILES string of the molecule is CN(CCC(F)(F)F)C(=O)Cc1ccccc1N. The highest BCUT2D eigenvalue weighted by Crippen LogP contribution is 2.20. The number of hydrogen-bond acceptors (Lipinski definition) is 2. The molecule has 0 heterocycles. The Bertz CT molecular complexity index is 418. The molecule has 0 atom stereocenters. The lowest BCUT2D eigenvalue weighted by atomic mass is 10.1. The number of likely N-dealkylation sites (N-methyl/N-ethyl adjacent to an activating group) is 1. The molecule has 0 aliphatic carbocycles. The molecule has 0 saturated heterocycles. The fraction of sp³-hybridized carbons (Fsp3) is 0.417. The molecule has 1 amide bonds. The van der Waals surface area contributed by atoms with Gasteiger partial charge in [-0.05, 0) is 11.6 Å². The molecule has 0 aliphatic heterocycles. The van der Waals surface area contributed by atoms with Gasteiger partial charge in [0.2, 0.25) is 5.91 Å². The number of carbonyl (C=O) groups is 1. The Kier molecular flexibility index (Phi) is 4.58. The van der Waals surface area contributed by atoms with Crippen LogP contribution in [0.5, 0.6) is 0 Å². The summed E-state index contributed by atoms with van der Waals surface area (Å²) in [7, 11) is 1.35. The first-order valence-electron chi connectivity index (χ1n) is 5.43. The second-order valence-corrected chi connectivity index (χ2v) is 4.06. The molecule has 0 aliphatic rings. The van der Waals surface area contributed by atoms with E-state index in [-0.39, 0.29) is 18.9 Å². The van der Waals surface area contributed by atoms with E-state index < -0.39 is 12.6 Å². The molecule has 1 aromatic carbocycles. The van der Waals surface area contributed by atoms with Crippen molar-refractivity contribution in [1.82, 2.24) is 4.90 Å². The summed E-state index contributed by atoms with van der Waals surface area (Å²) in [5, 5.41) is 0. The number of amides is 1. The average Bonchev–Trinajstić information content (AvgIpc) is 2.28. The molecule has 0 unspecified atom stereocenters. The molecule has 0 fully saturated rings. The number of alkyl halides is 3. The lowest BCUT2D eigenvalue weighted by molar-refractivity contribution is -0.143. The average molecular weight is 260 g/mol. The maximum absolute atomic E-state index is 12.0. The van der Waals surface area contributed by atoms with Crippen LogP contribution in [0.1, 0.15) is 12.0 Å². The van der Waals surface area contributed by atoms with Crippen molar-refractivity contribution < 1.29 is 18.0 Å². The van der Waals surface area contributed by atoms with E-state index in [4.69, 9.17) is 5.73 Å². The van der Waals surface area contributed by atoms with E-state index in [1.807, 2.05) is 0 Å². The van der Waals surface area contributed by atoms with Crippen molar-refractivity contribution in [3.63, 3.8) is 0 Å². The Morgan fingerprint density at radius 2 is 1.94 bits per heavy atom. The first-order chi connectivity index (χ1) is 8.29. The largest absolute Gasteiger partial charge is 0.398 e. The molecule has 0 spiro atoms. The molecule has 100 valence electrons. The maximum atomic E-state index is 12.0. The minimum atomic E-state index is -4.25. The summed E-state index contributed by atoms with van der Waals surface area (Å²) in [6, 6.07) is 6.80. The summed E-state index contributed by atoms with van der Waals surface area (Å²) in [6.45, 7) is -0.338. The smallest absolute Gasteiger partial charge is 0.390 e. The lowest BCUT2D eigenvalue weighted by Gasteiger charge is -2.18. The molecular formula is C12H15F3N2O. The maximum Gasteiger partial charge on any atom is 0.390 e. The van der Waals surface area contributed by atoms with Gasteiger partial charge in [0.15, 0.2) is 0 Å². The van der Waals surface area contributed by atoms with E-state index >= 15 is 0 Å². The molecule has 18 heavy (non-hydrogen) atoms. The van der Waals surface area contributed by atoms with Crippen LogP contribution >= 0.6 is 0 Å². The number of benzene rings is 1. The normalized spacial score (nSPS) is 11.3. The van der Waals surface area contributed by atoms with E-state index in [0.717, 1.165) is 4.90 Å². The number of nitrogens with zero attached hydrogens (tertiary/aromatic N) is 1. The number of nitrogen functional groups attached to an aromatic ring is 1. The van der Waals surface area contributed by atoms with E-state index in [1.54, 1.807) is 24.3 Å². The molecule has 6 heteroatoms. The van der Waals surface area contributed by atoms with Crippen LogP contribution in [0.3, 0.4) is 0 Å². The molecular weight excluding hydrogens is 245 g/mol. The van der Waals surface area contributed by atoms with E-state index in [0.29, 0.717) is 11.3 Å². The zero-order valence-corrected chi connectivity index (χ0v) is 10.00. The van der Waals surface area contributed by atoms with Crippen LogP contribution in [0.4, 0.5) is 18.9 Å². The summed E-state index contributed by atoms with van der Waals surface area (Å²) in [5.74, 6) is -0.378. The topological polar surface area (TPSA) is 46.3 Å². The fourth-order valence-electron chi connectivity index (χ4n) is 1.41. The van der Waals surface area contributed by atoms with Gasteiger partial charge in [-0.3, -0.25) is 4.79 Å². The third-order valence-corrected chi connectivity index (χ3v) is 2.55. The van der Waals surface area contributed by atoms with E-state index in [1.165, 1.54) is 7.05 Å². The number of hydrogen-bond donors (Lipinski definition) is 1. The van der Waals surface area contributed by atoms with Gasteiger partial charge in [0, 0.05) is 19.3 Å². The van der Waals surface area contributed by atoms with Crippen LogP contribution in [-0.4, -0.2) is 30.6 Å². The van der Waals surface area contributed by atoms with Crippen LogP contribution in [-0.2, 0) is 11.2 Å². The van der Waals surface area contributed by atoms with Gasteiger partial charge < -0.3 is 10.6 Å². The minimum Gasteiger partial charge on any atom is -0.398 e. The highest BCUT2D eigenvalue weighted by atomic mass is 19.4. The zero-order chi connectivity index (χ0) is 13.8. The third kappa shape index (κ3) is 4.65. The molecule has 1 aromatic rings. The number of nitrogens with two attached hydrogens (primary N) is 1. The van der Waals surface area contributed by atoms with Crippen LogP contribution in [0.15, 0.2) is 24.3 Å². The highest BCUT2D eigenvalue weighted by Gasteiger charge is 2.28. The minimum absolute atomic E-state index is 0.0149. The van der Waals surface area contributed by atoms with Gasteiger partial charge in [0.25, 0.3) is 0 Å². The van der Waals surface area contributed by atoms with Gasteiger partial charge in [0.1, 0.15) is 0 Å². The van der Waals surface area contributed by atoms with Gasteiger partial charge in [0.05, 0.1) is 12.8 Å². The van der Waals surface area contributed by atoms with E-state index in [9.17, 15) is 18.0 Å². The summed E-state index contributed by atoms with van der Waals surface area (Å²) in [4.78, 5) is 12.8. The zero-order valence-electron chi connectivity index (χ0n) is 10.00. The van der Waals surface area contributed by atoms with Crippen molar-refractivity contribution in [1.29, 1.82) is 0 Å². The van der Waals surface area contributed by atoms with Crippen molar-refractivity contribution >= 4 is 11.6 Å². The lowest BCUT2D eigenvalue weighted by Crippen LogP contribution is -2.31. The monoisotopic (exact) mass is 260 g/mol. The van der Waals surface area contributed by atoms with Crippen molar-refractivity contribution in [3.8, 4) is 0 Å². The Hall–Kier alpha value is -1.72. The number of halogens is 3. The second-order valence-electron chi connectivity index (χ2n) is 4.06. The van der Waals surface area contributed by atoms with E-state index in [2.05, 4.69) is 0 Å². The van der Waals surface area contributed by atoms with Crippen LogP contribution in [0, 0.1) is 0 Å². The summed E-state index contributed by atoms with van der Waals surface area (Å²) < 4.78 is 36.0. The fourth-order valence-corrected chi connectivity index (χ4v) is 1.41. The molecule has 0 bridgehead atoms. The summed E-state index contributed by atoms with van der Waals surface area (Å²) in [6.07, 6.45) is -5.24. The van der Waals surface area contributed by atoms with Gasteiger partial charge in [-0.2, -0.15) is 13.2 Å². The first kappa shape index (κ1) is 14.3. The molecule has 0 saturated carbocycles. The molecule has 0 aromatic heterocycles. The van der Waals surface area contributed by atoms with Crippen LogP contribution in [0.25, 0.3) is 0 Å². The van der Waals surface area contributed by atoms with Crippen molar-refractivity contribution in [2.45, 2.75) is 19.0 Å². The standard InChI is InChI=1S/C12H15F3N2O/c1-17(7-6-12(13,14)15)11(18)8-9-4-2-3-5-10(9)16/h2-5H,6-8,16H2,1H3. The molecule has 1 rings (SSSR count). The Morgan fingerprint density at radius 3 is 2.50 bits per heavy atom. The second kappa shape index (κ2) is 5.75. The van der Waals surface area contributed by atoms with Crippen LogP contribution in [0.2, 0.25) is 0 Å². The Morgan fingerprint density at radius 1 is 1.33 bits per heavy atom. The van der Waals surface area contributed by atoms with Gasteiger partial charge in [-0.1, -0.05) is 18.2 Å². The highest BCUT2D eigenvalue weighted by molar-refractivity contribution is 5.80. The van der Waals surface area contributed by atoms with Gasteiger partial charge >= 0.3 is 6.18 Å². The summed E-state index contributed by atoms with van der Waals surface area (Å²) >= 11 is 0. The number of anilines is 1. The quantitative estimate of drug-likeness (QED) is 0.844. The summed E-state index contributed by atoms with van der Waals surface area (Å²) in [5.41, 5.74) is 6.76. The predicted molar refractivity (Wildman–Crippen MR) is 62.9 cm³/mol. The third-order valence-electron chi connectivity index (χ3n) is 2.55. The Balaban J connectivity index is 2.53. The van der Waals surface area contributed by atoms with Gasteiger partial charge in [-0.25, -0.2) is 0 Å². The number of carbonyl (C=O) groups excluding carboxylic acids is 1. The van der Waals surface area contributed by atoms with Crippen molar-refractivity contribution in [2.75, 3.05) is 19.3 Å².